The number of benzene rings is 1. The molecule has 1 aliphatic heterocycles. The Morgan fingerprint density at radius 2 is 2.32 bits per heavy atom. The van der Waals surface area contributed by atoms with Gasteiger partial charge in [-0.05, 0) is 31.5 Å². The molecule has 1 fully saturated rings. The van der Waals surface area contributed by atoms with Gasteiger partial charge in [0.05, 0.1) is 13.0 Å². The van der Waals surface area contributed by atoms with Gasteiger partial charge in [0.1, 0.15) is 0 Å². The van der Waals surface area contributed by atoms with Gasteiger partial charge in [-0.15, -0.1) is 12.4 Å². The zero-order valence-electron chi connectivity index (χ0n) is 10.7. The summed E-state index contributed by atoms with van der Waals surface area (Å²) in [5.74, 6) is -0.352. The average Bonchev–Trinajstić information content (AvgIpc) is 2.42. The molecule has 1 saturated heterocycles. The van der Waals surface area contributed by atoms with Crippen molar-refractivity contribution in [3.63, 3.8) is 0 Å². The first-order chi connectivity index (χ1) is 8.70. The van der Waals surface area contributed by atoms with E-state index in [-0.39, 0.29) is 30.0 Å². The molecule has 0 aliphatic carbocycles. The number of ether oxygens (including phenoxy) is 1. The van der Waals surface area contributed by atoms with Crippen molar-refractivity contribution in [2.24, 2.45) is 5.92 Å². The van der Waals surface area contributed by atoms with Crippen LogP contribution in [0.4, 0.5) is 10.1 Å². The van der Waals surface area contributed by atoms with E-state index >= 15 is 0 Å². The summed E-state index contributed by atoms with van der Waals surface area (Å²) in [4.78, 5) is 12.0. The van der Waals surface area contributed by atoms with E-state index in [9.17, 15) is 9.18 Å². The van der Waals surface area contributed by atoms with Gasteiger partial charge in [-0.25, -0.2) is 4.39 Å². The highest BCUT2D eigenvalue weighted by atomic mass is 35.5. The summed E-state index contributed by atoms with van der Waals surface area (Å²) >= 11 is 0. The Kier molecular flexibility index (Phi) is 6.05. The highest BCUT2D eigenvalue weighted by Gasteiger charge is 2.21. The predicted molar refractivity (Wildman–Crippen MR) is 74.4 cm³/mol. The van der Waals surface area contributed by atoms with Crippen LogP contribution in [0.25, 0.3) is 0 Å². The molecule has 1 heterocycles. The molecule has 2 rings (SSSR count). The largest absolute Gasteiger partial charge is 0.494 e. The molecular formula is C13H18ClFN2O2. The topological polar surface area (TPSA) is 50.4 Å². The van der Waals surface area contributed by atoms with Gasteiger partial charge >= 0.3 is 0 Å². The van der Waals surface area contributed by atoms with E-state index in [0.717, 1.165) is 19.4 Å². The van der Waals surface area contributed by atoms with Crippen molar-refractivity contribution in [3.05, 3.63) is 24.0 Å². The maximum atomic E-state index is 13.2. The first-order valence-electron chi connectivity index (χ1n) is 6.06. The third-order valence-corrected chi connectivity index (χ3v) is 3.09. The van der Waals surface area contributed by atoms with Gasteiger partial charge < -0.3 is 15.4 Å². The fraction of sp³-hybridized carbons (Fsp3) is 0.462. The smallest absolute Gasteiger partial charge is 0.228 e. The standard InChI is InChI=1S/C13H17FN2O2.ClH/c1-18-12-7-10(4-5-11(12)14)16-13(17)9-3-2-6-15-8-9;/h4-5,7,9,15H,2-3,6,8H2,1H3,(H,16,17);1H. The number of hydrogen-bond acceptors (Lipinski definition) is 3. The average molecular weight is 289 g/mol. The molecule has 6 heteroatoms. The van der Waals surface area contributed by atoms with Crippen LogP contribution < -0.4 is 15.4 Å². The Balaban J connectivity index is 0.00000180. The summed E-state index contributed by atoms with van der Waals surface area (Å²) < 4.78 is 18.1. The second-order valence-corrected chi connectivity index (χ2v) is 4.38. The minimum absolute atomic E-state index is 0. The SMILES string of the molecule is COc1cc(NC(=O)C2CCCNC2)ccc1F.Cl. The second-order valence-electron chi connectivity index (χ2n) is 4.38. The van der Waals surface area contributed by atoms with Crippen LogP contribution in [0.5, 0.6) is 5.75 Å². The zero-order valence-corrected chi connectivity index (χ0v) is 11.6. The number of methoxy groups -OCH3 is 1. The quantitative estimate of drug-likeness (QED) is 0.896. The number of amides is 1. The van der Waals surface area contributed by atoms with Crippen molar-refractivity contribution in [3.8, 4) is 5.75 Å². The van der Waals surface area contributed by atoms with Crippen LogP contribution in [0.3, 0.4) is 0 Å². The van der Waals surface area contributed by atoms with Crippen molar-refractivity contribution < 1.29 is 13.9 Å². The van der Waals surface area contributed by atoms with Gasteiger partial charge in [-0.2, -0.15) is 0 Å². The predicted octanol–water partition coefficient (Wildman–Crippen LogP) is 2.19. The molecule has 1 aromatic carbocycles. The van der Waals surface area contributed by atoms with Crippen molar-refractivity contribution in [2.45, 2.75) is 12.8 Å². The molecule has 1 aromatic rings. The number of carbonyl (C=O) groups is 1. The number of piperidine rings is 1. The molecule has 1 atom stereocenters. The van der Waals surface area contributed by atoms with Gasteiger partial charge in [-0.3, -0.25) is 4.79 Å². The molecule has 0 saturated carbocycles. The molecule has 19 heavy (non-hydrogen) atoms. The van der Waals surface area contributed by atoms with E-state index in [2.05, 4.69) is 10.6 Å². The van der Waals surface area contributed by atoms with Crippen LogP contribution in [-0.2, 0) is 4.79 Å². The van der Waals surface area contributed by atoms with Crippen molar-refractivity contribution in [2.75, 3.05) is 25.5 Å². The summed E-state index contributed by atoms with van der Waals surface area (Å²) in [6.07, 6.45) is 1.89. The Hall–Kier alpha value is -1.33. The summed E-state index contributed by atoms with van der Waals surface area (Å²) in [6.45, 7) is 1.66. The molecule has 0 radical (unpaired) electrons. The van der Waals surface area contributed by atoms with Gasteiger partial charge in [0.15, 0.2) is 11.6 Å². The number of carbonyl (C=O) groups excluding carboxylic acids is 1. The Morgan fingerprint density at radius 1 is 1.53 bits per heavy atom. The van der Waals surface area contributed by atoms with Crippen molar-refractivity contribution >= 4 is 24.0 Å². The minimum atomic E-state index is -0.435. The lowest BCUT2D eigenvalue weighted by Crippen LogP contribution is -2.37. The normalized spacial score (nSPS) is 18.3. The summed E-state index contributed by atoms with van der Waals surface area (Å²) in [7, 11) is 1.40. The first-order valence-corrected chi connectivity index (χ1v) is 6.06. The summed E-state index contributed by atoms with van der Waals surface area (Å²) in [5.41, 5.74) is 0.559. The summed E-state index contributed by atoms with van der Waals surface area (Å²) in [6, 6.07) is 4.31. The van der Waals surface area contributed by atoms with Gasteiger partial charge in [0.25, 0.3) is 0 Å². The Bertz CT molecular complexity index is 437. The van der Waals surface area contributed by atoms with Crippen LogP contribution in [0, 0.1) is 11.7 Å². The second kappa shape index (κ2) is 7.31. The van der Waals surface area contributed by atoms with Crippen LogP contribution in [0.1, 0.15) is 12.8 Å². The number of rotatable bonds is 3. The van der Waals surface area contributed by atoms with Gasteiger partial charge in [-0.1, -0.05) is 0 Å². The monoisotopic (exact) mass is 288 g/mol. The lowest BCUT2D eigenvalue weighted by Gasteiger charge is -2.22. The van der Waals surface area contributed by atoms with E-state index in [4.69, 9.17) is 4.74 Å². The van der Waals surface area contributed by atoms with E-state index in [1.165, 1.54) is 25.3 Å². The van der Waals surface area contributed by atoms with E-state index in [1.54, 1.807) is 0 Å². The molecule has 1 amide bonds. The molecule has 0 spiro atoms. The molecule has 1 aliphatic rings. The fourth-order valence-corrected chi connectivity index (χ4v) is 2.06. The van der Waals surface area contributed by atoms with Crippen LogP contribution in [-0.4, -0.2) is 26.1 Å². The molecule has 4 nitrogen and oxygen atoms in total. The van der Waals surface area contributed by atoms with E-state index in [0.29, 0.717) is 12.2 Å². The number of hydrogen-bond donors (Lipinski definition) is 2. The molecule has 0 bridgehead atoms. The Labute approximate surface area is 118 Å². The lowest BCUT2D eigenvalue weighted by atomic mass is 9.99. The highest BCUT2D eigenvalue weighted by Crippen LogP contribution is 2.22. The van der Waals surface area contributed by atoms with Gasteiger partial charge in [0, 0.05) is 18.3 Å². The molecule has 1 unspecified atom stereocenters. The number of anilines is 1. The highest BCUT2D eigenvalue weighted by molar-refractivity contribution is 5.92. The minimum Gasteiger partial charge on any atom is -0.494 e. The Morgan fingerprint density at radius 3 is 2.95 bits per heavy atom. The van der Waals surface area contributed by atoms with Gasteiger partial charge in [0.2, 0.25) is 5.91 Å². The molecular weight excluding hydrogens is 271 g/mol. The maximum absolute atomic E-state index is 13.2. The van der Waals surface area contributed by atoms with Crippen molar-refractivity contribution in [1.29, 1.82) is 0 Å². The third kappa shape index (κ3) is 4.08. The molecule has 106 valence electrons. The number of nitrogens with one attached hydrogen (secondary N) is 2. The molecule has 2 N–H and O–H groups in total. The third-order valence-electron chi connectivity index (χ3n) is 3.09. The number of halogens is 2. The fourth-order valence-electron chi connectivity index (χ4n) is 2.06. The zero-order chi connectivity index (χ0) is 13.0. The van der Waals surface area contributed by atoms with Crippen LogP contribution in [0.15, 0.2) is 18.2 Å². The van der Waals surface area contributed by atoms with Crippen molar-refractivity contribution in [1.82, 2.24) is 5.32 Å². The van der Waals surface area contributed by atoms with E-state index < -0.39 is 5.82 Å². The molecule has 0 aromatic heterocycles. The lowest BCUT2D eigenvalue weighted by molar-refractivity contribution is -0.120. The summed E-state index contributed by atoms with van der Waals surface area (Å²) in [5, 5.41) is 5.98. The van der Waals surface area contributed by atoms with E-state index in [1.807, 2.05) is 0 Å². The van der Waals surface area contributed by atoms with Crippen LogP contribution in [0.2, 0.25) is 0 Å². The van der Waals surface area contributed by atoms with Crippen LogP contribution >= 0.6 is 12.4 Å². The first kappa shape index (κ1) is 15.7. The maximum Gasteiger partial charge on any atom is 0.228 e.